The van der Waals surface area contributed by atoms with Gasteiger partial charge in [-0.1, -0.05) is 31.5 Å². The molecule has 0 aromatic heterocycles. The highest BCUT2D eigenvalue weighted by Crippen LogP contribution is 2.26. The minimum absolute atomic E-state index is 0. The summed E-state index contributed by atoms with van der Waals surface area (Å²) < 4.78 is 27.4. The predicted molar refractivity (Wildman–Crippen MR) is 93.6 cm³/mol. The molecular formula is C15H24Cl2N2O2S. The molecule has 22 heavy (non-hydrogen) atoms. The van der Waals surface area contributed by atoms with E-state index in [4.69, 9.17) is 11.6 Å². The van der Waals surface area contributed by atoms with Gasteiger partial charge in [-0.05, 0) is 49.4 Å². The van der Waals surface area contributed by atoms with Crippen LogP contribution in [0.5, 0.6) is 0 Å². The van der Waals surface area contributed by atoms with Crippen molar-refractivity contribution in [3.63, 3.8) is 0 Å². The highest BCUT2D eigenvalue weighted by molar-refractivity contribution is 7.89. The zero-order valence-corrected chi connectivity index (χ0v) is 15.3. The molecule has 2 rings (SSSR count). The molecule has 1 atom stereocenters. The lowest BCUT2D eigenvalue weighted by Crippen LogP contribution is -2.30. The quantitative estimate of drug-likeness (QED) is 0.811. The van der Waals surface area contributed by atoms with Crippen LogP contribution in [-0.4, -0.2) is 27.5 Å². The van der Waals surface area contributed by atoms with Crippen molar-refractivity contribution in [2.45, 2.75) is 50.0 Å². The van der Waals surface area contributed by atoms with Crippen molar-refractivity contribution in [3.05, 3.63) is 28.8 Å². The van der Waals surface area contributed by atoms with Gasteiger partial charge in [0, 0.05) is 12.6 Å². The fourth-order valence-electron chi connectivity index (χ4n) is 2.53. The van der Waals surface area contributed by atoms with Crippen molar-refractivity contribution in [3.8, 4) is 0 Å². The second-order valence-electron chi connectivity index (χ2n) is 5.82. The number of benzene rings is 1. The van der Waals surface area contributed by atoms with E-state index in [0.29, 0.717) is 12.6 Å². The van der Waals surface area contributed by atoms with Gasteiger partial charge in [0.05, 0.1) is 5.02 Å². The number of hydrogen-bond donors (Lipinski definition) is 2. The zero-order valence-electron chi connectivity index (χ0n) is 12.9. The number of nitrogens with one attached hydrogen (secondary N) is 2. The predicted octanol–water partition coefficient (Wildman–Crippen LogP) is 3.31. The Hall–Kier alpha value is -0.330. The topological polar surface area (TPSA) is 58.2 Å². The summed E-state index contributed by atoms with van der Waals surface area (Å²) in [4.78, 5) is 0.176. The monoisotopic (exact) mass is 366 g/mol. The standard InChI is InChI=1S/C15H23ClN2O2S.ClH/c1-11(2)12-5-6-14(16)15(10-12)21(19,20)18-9-7-13-4-3-8-17-13;/h5-6,10-11,13,17-18H,3-4,7-9H2,1-2H3;1H/t13-;/m1./s1. The lowest BCUT2D eigenvalue weighted by atomic mass is 10.0. The molecule has 1 aliphatic heterocycles. The molecule has 1 heterocycles. The molecule has 1 aromatic rings. The van der Waals surface area contributed by atoms with Gasteiger partial charge in [0.15, 0.2) is 0 Å². The van der Waals surface area contributed by atoms with E-state index in [-0.39, 0.29) is 28.2 Å². The van der Waals surface area contributed by atoms with Crippen molar-refractivity contribution < 1.29 is 8.42 Å². The van der Waals surface area contributed by atoms with Crippen LogP contribution in [0.25, 0.3) is 0 Å². The number of rotatable bonds is 6. The van der Waals surface area contributed by atoms with E-state index in [0.717, 1.165) is 24.9 Å². The third-order valence-electron chi connectivity index (χ3n) is 3.86. The molecule has 7 heteroatoms. The average molecular weight is 367 g/mol. The van der Waals surface area contributed by atoms with E-state index in [9.17, 15) is 8.42 Å². The van der Waals surface area contributed by atoms with Gasteiger partial charge in [0.1, 0.15) is 4.90 Å². The van der Waals surface area contributed by atoms with Crippen molar-refractivity contribution in [2.75, 3.05) is 13.1 Å². The third-order valence-corrected chi connectivity index (χ3v) is 5.80. The number of sulfonamides is 1. The van der Waals surface area contributed by atoms with Crippen LogP contribution in [0.15, 0.2) is 23.1 Å². The summed E-state index contributed by atoms with van der Waals surface area (Å²) in [5, 5.41) is 3.63. The Bertz CT molecular complexity index is 585. The maximum absolute atomic E-state index is 12.4. The third kappa shape index (κ3) is 5.10. The Morgan fingerprint density at radius 3 is 2.73 bits per heavy atom. The first-order chi connectivity index (χ1) is 9.90. The SMILES string of the molecule is CC(C)c1ccc(Cl)c(S(=O)(=O)NCC[C@H]2CCCN2)c1.Cl. The second kappa shape index (κ2) is 8.50. The molecular weight excluding hydrogens is 343 g/mol. The fraction of sp³-hybridized carbons (Fsp3) is 0.600. The molecule has 0 spiro atoms. The van der Waals surface area contributed by atoms with Crippen LogP contribution in [-0.2, 0) is 10.0 Å². The molecule has 0 amide bonds. The van der Waals surface area contributed by atoms with Crippen LogP contribution < -0.4 is 10.0 Å². The highest BCUT2D eigenvalue weighted by Gasteiger charge is 2.20. The van der Waals surface area contributed by atoms with Crippen LogP contribution in [0.3, 0.4) is 0 Å². The van der Waals surface area contributed by atoms with E-state index in [2.05, 4.69) is 10.0 Å². The molecule has 0 radical (unpaired) electrons. The number of hydrogen-bond acceptors (Lipinski definition) is 3. The van der Waals surface area contributed by atoms with E-state index < -0.39 is 10.0 Å². The summed E-state index contributed by atoms with van der Waals surface area (Å²) >= 11 is 6.06. The van der Waals surface area contributed by atoms with Gasteiger partial charge >= 0.3 is 0 Å². The van der Waals surface area contributed by atoms with Crippen LogP contribution >= 0.6 is 24.0 Å². The van der Waals surface area contributed by atoms with Gasteiger partial charge in [0.25, 0.3) is 0 Å². The number of halogens is 2. The van der Waals surface area contributed by atoms with Gasteiger partial charge in [-0.15, -0.1) is 12.4 Å². The first-order valence-corrected chi connectivity index (χ1v) is 9.29. The van der Waals surface area contributed by atoms with E-state index >= 15 is 0 Å². The summed E-state index contributed by atoms with van der Waals surface area (Å²) in [5.74, 6) is 0.263. The minimum Gasteiger partial charge on any atom is -0.314 e. The minimum atomic E-state index is -3.55. The van der Waals surface area contributed by atoms with Crippen molar-refractivity contribution in [1.82, 2.24) is 10.0 Å². The smallest absolute Gasteiger partial charge is 0.242 e. The van der Waals surface area contributed by atoms with Crippen molar-refractivity contribution in [2.24, 2.45) is 0 Å². The lowest BCUT2D eigenvalue weighted by molar-refractivity contribution is 0.539. The van der Waals surface area contributed by atoms with Gasteiger partial charge in [-0.25, -0.2) is 13.1 Å². The summed E-state index contributed by atoms with van der Waals surface area (Å²) in [7, 11) is -3.55. The highest BCUT2D eigenvalue weighted by atomic mass is 35.5. The molecule has 0 saturated carbocycles. The zero-order chi connectivity index (χ0) is 15.5. The molecule has 126 valence electrons. The van der Waals surface area contributed by atoms with E-state index in [1.165, 1.54) is 6.42 Å². The molecule has 1 aliphatic rings. The van der Waals surface area contributed by atoms with Crippen LogP contribution in [0.4, 0.5) is 0 Å². The molecule has 0 aliphatic carbocycles. The first kappa shape index (κ1) is 19.7. The summed E-state index contributed by atoms with van der Waals surface area (Å²) in [6, 6.07) is 5.62. The molecule has 1 aromatic carbocycles. The van der Waals surface area contributed by atoms with Gasteiger partial charge in [-0.3, -0.25) is 0 Å². The maximum Gasteiger partial charge on any atom is 0.242 e. The van der Waals surface area contributed by atoms with Gasteiger partial charge in [0.2, 0.25) is 10.0 Å². The largest absolute Gasteiger partial charge is 0.314 e. The first-order valence-electron chi connectivity index (χ1n) is 7.42. The van der Waals surface area contributed by atoms with Crippen LogP contribution in [0.1, 0.15) is 44.6 Å². The molecule has 4 nitrogen and oxygen atoms in total. The van der Waals surface area contributed by atoms with Crippen molar-refractivity contribution in [1.29, 1.82) is 0 Å². The Labute approximate surface area is 144 Å². The Kier molecular flexibility index (Phi) is 7.62. The molecule has 2 N–H and O–H groups in total. The maximum atomic E-state index is 12.4. The Morgan fingerprint density at radius 1 is 1.41 bits per heavy atom. The Morgan fingerprint density at radius 2 is 2.14 bits per heavy atom. The van der Waals surface area contributed by atoms with Crippen LogP contribution in [0.2, 0.25) is 5.02 Å². The van der Waals surface area contributed by atoms with Gasteiger partial charge < -0.3 is 5.32 Å². The van der Waals surface area contributed by atoms with Crippen LogP contribution in [0, 0.1) is 0 Å². The molecule has 0 unspecified atom stereocenters. The second-order valence-corrected chi connectivity index (χ2v) is 7.97. The molecule has 0 bridgehead atoms. The average Bonchev–Trinajstić information content (AvgIpc) is 2.91. The Balaban J connectivity index is 0.00000242. The van der Waals surface area contributed by atoms with E-state index in [1.807, 2.05) is 19.9 Å². The fourth-order valence-corrected chi connectivity index (χ4v) is 4.11. The van der Waals surface area contributed by atoms with Crippen molar-refractivity contribution >= 4 is 34.0 Å². The lowest BCUT2D eigenvalue weighted by Gasteiger charge is -2.13. The van der Waals surface area contributed by atoms with E-state index in [1.54, 1.807) is 12.1 Å². The molecule has 1 saturated heterocycles. The normalized spacial score (nSPS) is 18.5. The summed E-state index contributed by atoms with van der Waals surface area (Å²) in [5.41, 5.74) is 0.970. The summed E-state index contributed by atoms with van der Waals surface area (Å²) in [6.07, 6.45) is 3.09. The summed E-state index contributed by atoms with van der Waals surface area (Å²) in [6.45, 7) is 5.51. The molecule has 1 fully saturated rings. The van der Waals surface area contributed by atoms with Gasteiger partial charge in [-0.2, -0.15) is 0 Å².